The second-order valence-electron chi connectivity index (χ2n) is 4.51. The fourth-order valence-corrected chi connectivity index (χ4v) is 2.08. The highest BCUT2D eigenvalue weighted by atomic mass is 19.1. The molecular weight excluding hydrogens is 221 g/mol. The molecule has 94 valence electrons. The maximum Gasteiger partial charge on any atom is 0.146 e. The van der Waals surface area contributed by atoms with Crippen molar-refractivity contribution in [3.63, 3.8) is 0 Å². The van der Waals surface area contributed by atoms with Crippen LogP contribution in [0.4, 0.5) is 10.1 Å². The molecule has 0 saturated carbocycles. The van der Waals surface area contributed by atoms with Crippen molar-refractivity contribution in [2.75, 3.05) is 24.6 Å². The third kappa shape index (κ3) is 2.76. The van der Waals surface area contributed by atoms with Crippen molar-refractivity contribution >= 4 is 5.69 Å². The molecule has 0 bridgehead atoms. The van der Waals surface area contributed by atoms with Crippen molar-refractivity contribution in [3.8, 4) is 0 Å². The highest BCUT2D eigenvalue weighted by Gasteiger charge is 2.19. The standard InChI is InChI=1S/C13H18FNO2/c1-9-8-15(5-6-17-9)13-4-3-11(10(2)16)7-12(13)14/h3-4,7,9-10,16H,5-6,8H2,1-2H3/t9?,10-/m1/s1. The van der Waals surface area contributed by atoms with Crippen LogP contribution in [0.3, 0.4) is 0 Å². The Morgan fingerprint density at radius 3 is 2.88 bits per heavy atom. The molecule has 1 heterocycles. The summed E-state index contributed by atoms with van der Waals surface area (Å²) in [6.45, 7) is 5.64. The molecule has 1 saturated heterocycles. The molecule has 0 amide bonds. The molecule has 3 nitrogen and oxygen atoms in total. The molecule has 1 fully saturated rings. The molecule has 0 spiro atoms. The Labute approximate surface area is 101 Å². The van der Waals surface area contributed by atoms with Crippen molar-refractivity contribution < 1.29 is 14.2 Å². The van der Waals surface area contributed by atoms with Gasteiger partial charge in [0.2, 0.25) is 0 Å². The fourth-order valence-electron chi connectivity index (χ4n) is 2.08. The predicted molar refractivity (Wildman–Crippen MR) is 64.7 cm³/mol. The van der Waals surface area contributed by atoms with Crippen LogP contribution in [0.25, 0.3) is 0 Å². The lowest BCUT2D eigenvalue weighted by molar-refractivity contribution is 0.0530. The predicted octanol–water partition coefficient (Wildman–Crippen LogP) is 2.10. The Balaban J connectivity index is 2.21. The molecule has 0 radical (unpaired) electrons. The Bertz CT molecular complexity index is 395. The van der Waals surface area contributed by atoms with Gasteiger partial charge in [-0.15, -0.1) is 0 Å². The smallest absolute Gasteiger partial charge is 0.146 e. The summed E-state index contributed by atoms with van der Waals surface area (Å²) in [5, 5.41) is 9.39. The van der Waals surface area contributed by atoms with E-state index in [9.17, 15) is 9.50 Å². The van der Waals surface area contributed by atoms with Crippen LogP contribution in [0.15, 0.2) is 18.2 Å². The van der Waals surface area contributed by atoms with Crippen LogP contribution in [-0.4, -0.2) is 30.9 Å². The first kappa shape index (κ1) is 12.3. The number of rotatable bonds is 2. The van der Waals surface area contributed by atoms with Crippen LogP contribution in [-0.2, 0) is 4.74 Å². The van der Waals surface area contributed by atoms with E-state index in [1.807, 2.05) is 11.8 Å². The average Bonchev–Trinajstić information content (AvgIpc) is 2.28. The first-order valence-corrected chi connectivity index (χ1v) is 5.92. The van der Waals surface area contributed by atoms with E-state index in [2.05, 4.69) is 0 Å². The number of nitrogens with zero attached hydrogens (tertiary/aromatic N) is 1. The highest BCUT2D eigenvalue weighted by Crippen LogP contribution is 2.24. The number of benzene rings is 1. The van der Waals surface area contributed by atoms with Gasteiger partial charge in [-0.25, -0.2) is 4.39 Å². The van der Waals surface area contributed by atoms with E-state index in [4.69, 9.17) is 4.74 Å². The minimum absolute atomic E-state index is 0.125. The summed E-state index contributed by atoms with van der Waals surface area (Å²) in [5.41, 5.74) is 1.19. The zero-order valence-electron chi connectivity index (χ0n) is 10.2. The summed E-state index contributed by atoms with van der Waals surface area (Å²) in [6, 6.07) is 4.90. The number of hydrogen-bond donors (Lipinski definition) is 1. The molecule has 1 aromatic carbocycles. The largest absolute Gasteiger partial charge is 0.389 e. The number of halogens is 1. The second kappa shape index (κ2) is 5.02. The van der Waals surface area contributed by atoms with E-state index < -0.39 is 6.10 Å². The van der Waals surface area contributed by atoms with Crippen LogP contribution in [0.5, 0.6) is 0 Å². The van der Waals surface area contributed by atoms with E-state index >= 15 is 0 Å². The maximum atomic E-state index is 13.9. The molecule has 1 aromatic rings. The number of aliphatic hydroxyl groups excluding tert-OH is 1. The Hall–Kier alpha value is -1.13. The van der Waals surface area contributed by atoms with E-state index in [1.54, 1.807) is 19.1 Å². The van der Waals surface area contributed by atoms with Gasteiger partial charge in [-0.05, 0) is 31.5 Å². The zero-order chi connectivity index (χ0) is 12.4. The van der Waals surface area contributed by atoms with E-state index in [1.165, 1.54) is 6.07 Å². The number of morpholine rings is 1. The van der Waals surface area contributed by atoms with Gasteiger partial charge in [-0.2, -0.15) is 0 Å². The molecule has 4 heteroatoms. The summed E-state index contributed by atoms with van der Waals surface area (Å²) in [5.74, 6) is -0.280. The topological polar surface area (TPSA) is 32.7 Å². The average molecular weight is 239 g/mol. The van der Waals surface area contributed by atoms with Crippen molar-refractivity contribution in [1.29, 1.82) is 0 Å². The minimum Gasteiger partial charge on any atom is -0.389 e. The summed E-state index contributed by atoms with van der Waals surface area (Å²) in [7, 11) is 0. The molecule has 1 unspecified atom stereocenters. The molecule has 0 aromatic heterocycles. The molecule has 1 aliphatic heterocycles. The van der Waals surface area contributed by atoms with Crippen molar-refractivity contribution in [3.05, 3.63) is 29.6 Å². The van der Waals surface area contributed by atoms with Gasteiger partial charge >= 0.3 is 0 Å². The van der Waals surface area contributed by atoms with Crippen molar-refractivity contribution in [2.24, 2.45) is 0 Å². The van der Waals surface area contributed by atoms with Crippen molar-refractivity contribution in [2.45, 2.75) is 26.1 Å². The van der Waals surface area contributed by atoms with Crippen molar-refractivity contribution in [1.82, 2.24) is 0 Å². The van der Waals surface area contributed by atoms with Gasteiger partial charge in [-0.1, -0.05) is 6.07 Å². The molecule has 17 heavy (non-hydrogen) atoms. The fraction of sp³-hybridized carbons (Fsp3) is 0.538. The van der Waals surface area contributed by atoms with Crippen LogP contribution in [0.2, 0.25) is 0 Å². The molecule has 1 aliphatic rings. The summed E-state index contributed by atoms with van der Waals surface area (Å²) in [6.07, 6.45) is -0.512. The normalized spacial score (nSPS) is 22.6. The van der Waals surface area contributed by atoms with Crippen LogP contribution >= 0.6 is 0 Å². The second-order valence-corrected chi connectivity index (χ2v) is 4.51. The number of aliphatic hydroxyl groups is 1. The Kier molecular flexibility index (Phi) is 3.64. The zero-order valence-corrected chi connectivity index (χ0v) is 10.2. The van der Waals surface area contributed by atoms with E-state index in [0.717, 1.165) is 0 Å². The summed E-state index contributed by atoms with van der Waals surface area (Å²) < 4.78 is 19.4. The first-order chi connectivity index (χ1) is 8.08. The van der Waals surface area contributed by atoms with Gasteiger partial charge < -0.3 is 14.7 Å². The lowest BCUT2D eigenvalue weighted by Crippen LogP contribution is -2.41. The number of hydrogen-bond acceptors (Lipinski definition) is 3. The lowest BCUT2D eigenvalue weighted by atomic mass is 10.1. The Morgan fingerprint density at radius 2 is 2.29 bits per heavy atom. The molecule has 0 aliphatic carbocycles. The van der Waals surface area contributed by atoms with Crippen LogP contribution in [0.1, 0.15) is 25.5 Å². The van der Waals surface area contributed by atoms with Crippen LogP contribution in [0, 0.1) is 5.82 Å². The van der Waals surface area contributed by atoms with Gasteiger partial charge in [0.1, 0.15) is 5.82 Å². The van der Waals surface area contributed by atoms with E-state index in [-0.39, 0.29) is 11.9 Å². The van der Waals surface area contributed by atoms with Gasteiger partial charge in [0.15, 0.2) is 0 Å². The van der Waals surface area contributed by atoms with Gasteiger partial charge in [0.05, 0.1) is 24.5 Å². The van der Waals surface area contributed by atoms with Gasteiger partial charge in [-0.3, -0.25) is 0 Å². The Morgan fingerprint density at radius 1 is 1.53 bits per heavy atom. The molecule has 2 rings (SSSR count). The summed E-state index contributed by atoms with van der Waals surface area (Å²) >= 11 is 0. The van der Waals surface area contributed by atoms with Gasteiger partial charge in [0, 0.05) is 13.1 Å². The number of anilines is 1. The minimum atomic E-state index is -0.637. The highest BCUT2D eigenvalue weighted by molar-refractivity contribution is 5.49. The molecular formula is C13H18FNO2. The molecule has 1 N–H and O–H groups in total. The third-order valence-electron chi connectivity index (χ3n) is 3.04. The third-order valence-corrected chi connectivity index (χ3v) is 3.04. The van der Waals surface area contributed by atoms with Gasteiger partial charge in [0.25, 0.3) is 0 Å². The van der Waals surface area contributed by atoms with E-state index in [0.29, 0.717) is 30.9 Å². The lowest BCUT2D eigenvalue weighted by Gasteiger charge is -2.33. The maximum absolute atomic E-state index is 13.9. The SMILES string of the molecule is CC1CN(c2ccc([C@@H](C)O)cc2F)CCO1. The summed E-state index contributed by atoms with van der Waals surface area (Å²) in [4.78, 5) is 1.98. The first-order valence-electron chi connectivity index (χ1n) is 5.92. The number of ether oxygens (including phenoxy) is 1. The van der Waals surface area contributed by atoms with Crippen LogP contribution < -0.4 is 4.90 Å². The molecule has 2 atom stereocenters. The monoisotopic (exact) mass is 239 g/mol. The quantitative estimate of drug-likeness (QED) is 0.858.